The highest BCUT2D eigenvalue weighted by Gasteiger charge is 2.34. The molecule has 2 aromatic rings. The first-order valence-corrected chi connectivity index (χ1v) is 7.10. The number of aromatic nitrogens is 2. The van der Waals surface area contributed by atoms with E-state index in [2.05, 4.69) is 12.0 Å². The molecule has 1 aromatic heterocycles. The van der Waals surface area contributed by atoms with Gasteiger partial charge in [0.15, 0.2) is 17.1 Å². The highest BCUT2D eigenvalue weighted by Crippen LogP contribution is 2.29. The number of ether oxygens (including phenoxy) is 1. The number of benzene rings is 1. The molecule has 3 rings (SSSR count). The zero-order chi connectivity index (χ0) is 14.1. The van der Waals surface area contributed by atoms with E-state index in [0.29, 0.717) is 22.8 Å². The van der Waals surface area contributed by atoms with E-state index in [4.69, 9.17) is 9.15 Å². The van der Waals surface area contributed by atoms with Gasteiger partial charge in [0.05, 0.1) is 7.11 Å². The van der Waals surface area contributed by atoms with Crippen LogP contribution in [0.25, 0.3) is 11.1 Å². The topological polar surface area (TPSA) is 56.2 Å². The van der Waals surface area contributed by atoms with Gasteiger partial charge in [0.25, 0.3) is 0 Å². The van der Waals surface area contributed by atoms with Crippen molar-refractivity contribution in [2.24, 2.45) is 5.92 Å². The second-order valence-corrected chi connectivity index (χ2v) is 5.48. The predicted molar refractivity (Wildman–Crippen MR) is 73.7 cm³/mol. The Balaban J connectivity index is 2.10. The summed E-state index contributed by atoms with van der Waals surface area (Å²) in [5, 5.41) is 4.49. The zero-order valence-electron chi connectivity index (χ0n) is 11.8. The summed E-state index contributed by atoms with van der Waals surface area (Å²) in [5.74, 6) is 0.788. The molecule has 0 aliphatic heterocycles. The van der Waals surface area contributed by atoms with Gasteiger partial charge in [-0.3, -0.25) is 0 Å². The van der Waals surface area contributed by atoms with Crippen LogP contribution in [0, 0.1) is 5.92 Å². The number of rotatable bonds is 2. The molecule has 1 aromatic carbocycles. The van der Waals surface area contributed by atoms with Crippen LogP contribution < -0.4 is 15.2 Å². The second kappa shape index (κ2) is 5.23. The highest BCUT2D eigenvalue weighted by molar-refractivity contribution is 5.72. The van der Waals surface area contributed by atoms with Crippen molar-refractivity contribution in [3.8, 4) is 5.75 Å². The van der Waals surface area contributed by atoms with Crippen LogP contribution in [0.4, 0.5) is 0 Å². The van der Waals surface area contributed by atoms with Gasteiger partial charge < -0.3 is 9.15 Å². The summed E-state index contributed by atoms with van der Waals surface area (Å²) in [6, 6.07) is 5.41. The first-order valence-electron chi connectivity index (χ1n) is 7.10. The minimum atomic E-state index is -0.374. The maximum atomic E-state index is 12.1. The van der Waals surface area contributed by atoms with Crippen molar-refractivity contribution < 1.29 is 13.8 Å². The third-order valence-corrected chi connectivity index (χ3v) is 4.15. The van der Waals surface area contributed by atoms with E-state index >= 15 is 0 Å². The molecule has 2 atom stereocenters. The smallest absolute Gasteiger partial charge is 0.497 e. The standard InChI is InChI=1S/C15H19N2O3/c1-10-5-3-4-6-13(10)17-15(18)20-14-8-7-11(19-2)9-12(14)16-17/h7-10,13H,3-6H2,1-2H3/q+1. The molecule has 0 spiro atoms. The van der Waals surface area contributed by atoms with E-state index in [9.17, 15) is 4.79 Å². The molecule has 1 saturated carbocycles. The summed E-state index contributed by atoms with van der Waals surface area (Å²) in [5.41, 5.74) is 1.15. The molecule has 1 heterocycles. The molecule has 5 heteroatoms. The van der Waals surface area contributed by atoms with Crippen LogP contribution in [0.3, 0.4) is 0 Å². The minimum absolute atomic E-state index is 0.135. The van der Waals surface area contributed by atoms with Gasteiger partial charge in [0.1, 0.15) is 5.75 Å². The maximum absolute atomic E-state index is 12.1. The normalized spacial score (nSPS) is 22.9. The summed E-state index contributed by atoms with van der Waals surface area (Å²) in [6.07, 6.45) is 4.48. The molecule has 1 aliphatic rings. The van der Waals surface area contributed by atoms with E-state index in [1.807, 2.05) is 0 Å². The van der Waals surface area contributed by atoms with E-state index in [0.717, 1.165) is 19.3 Å². The lowest BCUT2D eigenvalue weighted by Crippen LogP contribution is -2.58. The SMILES string of the molecule is COc1ccc2oc(=O)[n+](C3CCCCC3C)nc2c1. The first kappa shape index (κ1) is 13.1. The summed E-state index contributed by atoms with van der Waals surface area (Å²) in [7, 11) is 1.61. The van der Waals surface area contributed by atoms with E-state index in [1.54, 1.807) is 25.3 Å². The lowest BCUT2D eigenvalue weighted by atomic mass is 9.86. The van der Waals surface area contributed by atoms with Crippen molar-refractivity contribution in [2.45, 2.75) is 38.6 Å². The van der Waals surface area contributed by atoms with Crippen molar-refractivity contribution in [1.29, 1.82) is 0 Å². The Morgan fingerprint density at radius 1 is 1.35 bits per heavy atom. The maximum Gasteiger partial charge on any atom is 0.628 e. The van der Waals surface area contributed by atoms with Gasteiger partial charge in [0.2, 0.25) is 0 Å². The molecule has 106 valence electrons. The van der Waals surface area contributed by atoms with Crippen molar-refractivity contribution in [3.05, 3.63) is 28.7 Å². The quantitative estimate of drug-likeness (QED) is 0.789. The molecule has 5 nitrogen and oxygen atoms in total. The molecular weight excluding hydrogens is 256 g/mol. The minimum Gasteiger partial charge on any atom is -0.497 e. The van der Waals surface area contributed by atoms with Crippen LogP contribution in [0.2, 0.25) is 0 Å². The second-order valence-electron chi connectivity index (χ2n) is 5.48. The van der Waals surface area contributed by atoms with Crippen LogP contribution >= 0.6 is 0 Å². The number of fused-ring (bicyclic) bond motifs is 1. The van der Waals surface area contributed by atoms with Gasteiger partial charge in [0, 0.05) is 23.5 Å². The summed E-state index contributed by atoms with van der Waals surface area (Å²) in [6.45, 7) is 2.17. The average molecular weight is 275 g/mol. The third-order valence-electron chi connectivity index (χ3n) is 4.15. The van der Waals surface area contributed by atoms with Gasteiger partial charge in [-0.25, -0.2) is 0 Å². The molecule has 1 fully saturated rings. The molecular formula is C15H19N2O3+. The van der Waals surface area contributed by atoms with E-state index in [-0.39, 0.29) is 11.8 Å². The lowest BCUT2D eigenvalue weighted by Gasteiger charge is -2.21. The number of hydrogen-bond acceptors (Lipinski definition) is 4. The fourth-order valence-electron chi connectivity index (χ4n) is 2.96. The largest absolute Gasteiger partial charge is 0.628 e. The highest BCUT2D eigenvalue weighted by atomic mass is 16.5. The van der Waals surface area contributed by atoms with Crippen molar-refractivity contribution in [2.75, 3.05) is 7.11 Å². The molecule has 1 aliphatic carbocycles. The Morgan fingerprint density at radius 3 is 2.90 bits per heavy atom. The first-order chi connectivity index (χ1) is 9.69. The van der Waals surface area contributed by atoms with Gasteiger partial charge in [-0.1, -0.05) is 13.3 Å². The summed E-state index contributed by atoms with van der Waals surface area (Å²) < 4.78 is 12.1. The third kappa shape index (κ3) is 2.28. The van der Waals surface area contributed by atoms with Crippen LogP contribution in [-0.4, -0.2) is 12.2 Å². The molecule has 0 bridgehead atoms. The van der Waals surface area contributed by atoms with Gasteiger partial charge in [-0.2, -0.15) is 4.79 Å². The molecule has 0 saturated heterocycles. The monoisotopic (exact) mass is 275 g/mol. The zero-order valence-corrected chi connectivity index (χ0v) is 11.8. The Hall–Kier alpha value is -1.91. The van der Waals surface area contributed by atoms with Gasteiger partial charge in [-0.05, 0) is 29.7 Å². The number of methoxy groups -OCH3 is 1. The molecule has 2 unspecified atom stereocenters. The number of nitrogens with zero attached hydrogens (tertiary/aromatic N) is 2. The Kier molecular flexibility index (Phi) is 3.42. The van der Waals surface area contributed by atoms with Crippen LogP contribution in [0.5, 0.6) is 5.75 Å². The fourth-order valence-corrected chi connectivity index (χ4v) is 2.96. The fraction of sp³-hybridized carbons (Fsp3) is 0.533. The summed E-state index contributed by atoms with van der Waals surface area (Å²) in [4.78, 5) is 12.1. The van der Waals surface area contributed by atoms with Crippen LogP contribution in [0.15, 0.2) is 27.4 Å². The molecule has 0 radical (unpaired) electrons. The lowest BCUT2D eigenvalue weighted by molar-refractivity contribution is -0.804. The average Bonchev–Trinajstić information content (AvgIpc) is 2.47. The Labute approximate surface area is 117 Å². The van der Waals surface area contributed by atoms with Crippen molar-refractivity contribution in [1.82, 2.24) is 5.10 Å². The van der Waals surface area contributed by atoms with E-state index in [1.165, 1.54) is 11.1 Å². The Bertz CT molecular complexity index is 680. The molecule has 20 heavy (non-hydrogen) atoms. The molecule has 0 N–H and O–H groups in total. The van der Waals surface area contributed by atoms with Crippen LogP contribution in [-0.2, 0) is 0 Å². The number of hydrogen-bond donors (Lipinski definition) is 0. The summed E-state index contributed by atoms with van der Waals surface area (Å²) >= 11 is 0. The van der Waals surface area contributed by atoms with Crippen molar-refractivity contribution in [3.63, 3.8) is 0 Å². The van der Waals surface area contributed by atoms with E-state index < -0.39 is 0 Å². The van der Waals surface area contributed by atoms with Gasteiger partial charge >= 0.3 is 5.76 Å². The predicted octanol–water partition coefficient (Wildman–Crippen LogP) is 2.24. The van der Waals surface area contributed by atoms with Crippen LogP contribution in [0.1, 0.15) is 38.6 Å². The molecule has 0 amide bonds. The Morgan fingerprint density at radius 2 is 2.15 bits per heavy atom. The van der Waals surface area contributed by atoms with Gasteiger partial charge in [-0.15, -0.1) is 0 Å². The van der Waals surface area contributed by atoms with Crippen molar-refractivity contribution >= 4 is 11.1 Å².